The van der Waals surface area contributed by atoms with Crippen LogP contribution in [-0.2, 0) is 23.4 Å². The van der Waals surface area contributed by atoms with Gasteiger partial charge >= 0.3 is 13.7 Å². The van der Waals surface area contributed by atoms with Crippen LogP contribution < -0.4 is 21.1 Å². The number of aliphatic hydroxyl groups is 1. The molecule has 1 aromatic carbocycles. The van der Waals surface area contributed by atoms with Gasteiger partial charge in [0, 0.05) is 0 Å². The van der Waals surface area contributed by atoms with E-state index < -0.39 is 56.7 Å². The van der Waals surface area contributed by atoms with Crippen LogP contribution in [0.3, 0.4) is 0 Å². The minimum atomic E-state index is -4.36. The Bertz CT molecular complexity index is 1330. The maximum Gasteiger partial charge on any atom is 0.459 e. The van der Waals surface area contributed by atoms with Gasteiger partial charge in [-0.05, 0) is 32.9 Å². The number of ether oxygens (including phenoxy) is 2. The normalized spacial score (nSPS) is 25.8. The molecule has 38 heavy (non-hydrogen) atoms. The average molecular weight is 553 g/mol. The second kappa shape index (κ2) is 10.9. The molecule has 2 aromatic heterocycles. The fraction of sp³-hybridized carbons (Fsp3) is 0.455. The Kier molecular flexibility index (Phi) is 7.97. The lowest BCUT2D eigenvalue weighted by Gasteiger charge is -2.30. The number of fused-ring (bicyclic) bond motifs is 1. The molecule has 2 unspecified atom stereocenters. The first-order valence-electron chi connectivity index (χ1n) is 11.6. The number of carbonyl (C=O) groups is 1. The molecule has 6 atom stereocenters. The predicted molar refractivity (Wildman–Crippen MR) is 132 cm³/mol. The number of imidazole rings is 1. The van der Waals surface area contributed by atoms with E-state index in [0.717, 1.165) is 0 Å². The van der Waals surface area contributed by atoms with E-state index in [1.807, 2.05) is 0 Å². The number of alkyl halides is 1. The summed E-state index contributed by atoms with van der Waals surface area (Å²) in [5.41, 5.74) is 10.2. The van der Waals surface area contributed by atoms with Crippen LogP contribution in [0.5, 0.6) is 5.75 Å². The van der Waals surface area contributed by atoms with Crippen LogP contribution in [0.15, 0.2) is 43.0 Å². The number of nitrogens with two attached hydrogens (primary N) is 2. The molecule has 14 nitrogen and oxygen atoms in total. The van der Waals surface area contributed by atoms with E-state index in [1.165, 1.54) is 36.3 Å². The first-order valence-corrected chi connectivity index (χ1v) is 13.2. The van der Waals surface area contributed by atoms with Crippen molar-refractivity contribution >= 4 is 30.7 Å². The van der Waals surface area contributed by atoms with E-state index >= 15 is 4.39 Å². The molecule has 0 aliphatic carbocycles. The monoisotopic (exact) mass is 553 g/mol. The van der Waals surface area contributed by atoms with Crippen LogP contribution in [0, 0.1) is 0 Å². The van der Waals surface area contributed by atoms with Gasteiger partial charge in [-0.15, -0.1) is 0 Å². The van der Waals surface area contributed by atoms with Crippen molar-refractivity contribution in [3.05, 3.63) is 43.0 Å². The molecule has 0 amide bonds. The lowest BCUT2D eigenvalue weighted by Crippen LogP contribution is -2.54. The van der Waals surface area contributed by atoms with Crippen LogP contribution in [0.1, 0.15) is 27.0 Å². The third-order valence-corrected chi connectivity index (χ3v) is 7.19. The number of rotatable bonds is 10. The quantitative estimate of drug-likeness (QED) is 0.208. The zero-order valence-electron chi connectivity index (χ0n) is 20.8. The van der Waals surface area contributed by atoms with E-state index in [1.54, 1.807) is 32.0 Å². The molecule has 1 aliphatic rings. The highest BCUT2D eigenvalue weighted by Gasteiger charge is 2.55. The maximum absolute atomic E-state index is 15.3. The van der Waals surface area contributed by atoms with Gasteiger partial charge in [-0.1, -0.05) is 18.2 Å². The topological polar surface area (TPSA) is 199 Å². The standard InChI is InChI=1S/C22H29FN7O7P/c1-12(2)35-21(32)13(3)29-38(33,37-14-7-5-4-6-8-14)34-9-22(25)17(31)15(23)20(36-22)30-11-28-16-18(24)26-10-27-19(16)30/h4-8,10-13,15,17,20,31H,9,25H2,1-3H3,(H,29,33)(H2,24,26,27)/t13?,15-,17+,20-,22-,38?/m1/s1. The van der Waals surface area contributed by atoms with Gasteiger partial charge in [0.2, 0.25) is 0 Å². The Hall–Kier alpha value is -3.20. The Morgan fingerprint density at radius 1 is 1.29 bits per heavy atom. The lowest BCUT2D eigenvalue weighted by atomic mass is 10.1. The van der Waals surface area contributed by atoms with E-state index in [-0.39, 0.29) is 22.7 Å². The minimum Gasteiger partial charge on any atom is -0.462 e. The Balaban J connectivity index is 1.55. The number of nitrogen functional groups attached to an aromatic ring is 1. The highest BCUT2D eigenvalue weighted by atomic mass is 31.2. The molecule has 1 fully saturated rings. The highest BCUT2D eigenvalue weighted by Crippen LogP contribution is 2.47. The van der Waals surface area contributed by atoms with Crippen LogP contribution in [0.25, 0.3) is 11.2 Å². The molecule has 0 spiro atoms. The number of carbonyl (C=O) groups excluding carboxylic acids is 1. The van der Waals surface area contributed by atoms with Crippen molar-refractivity contribution in [3.63, 3.8) is 0 Å². The van der Waals surface area contributed by atoms with Gasteiger partial charge in [0.25, 0.3) is 0 Å². The van der Waals surface area contributed by atoms with Crippen molar-refractivity contribution in [2.24, 2.45) is 5.73 Å². The second-order valence-electron chi connectivity index (χ2n) is 8.95. The summed E-state index contributed by atoms with van der Waals surface area (Å²) in [7, 11) is -4.36. The SMILES string of the molecule is CC(C)OC(=O)C(C)NP(=O)(OC[C@@]1(N)O[C@@H](n2cnc3c(N)ncnc32)[C@H](F)[C@@H]1O)Oc1ccccc1. The highest BCUT2D eigenvalue weighted by molar-refractivity contribution is 7.52. The van der Waals surface area contributed by atoms with Crippen LogP contribution in [0.4, 0.5) is 10.2 Å². The van der Waals surface area contributed by atoms with Crippen molar-refractivity contribution in [1.29, 1.82) is 0 Å². The number of esters is 1. The molecule has 6 N–H and O–H groups in total. The number of aromatic nitrogens is 4. The molecule has 0 saturated carbocycles. The summed E-state index contributed by atoms with van der Waals surface area (Å²) in [5, 5.41) is 13.1. The first kappa shape index (κ1) is 27.8. The molecular formula is C22H29FN7O7P. The third kappa shape index (κ3) is 5.77. The fourth-order valence-corrected chi connectivity index (χ4v) is 5.22. The van der Waals surface area contributed by atoms with Gasteiger partial charge in [-0.2, -0.15) is 5.09 Å². The summed E-state index contributed by atoms with van der Waals surface area (Å²) in [6.07, 6.45) is -3.48. The third-order valence-electron chi connectivity index (χ3n) is 5.56. The average Bonchev–Trinajstić information content (AvgIpc) is 3.39. The number of aliphatic hydroxyl groups excluding tert-OH is 1. The largest absolute Gasteiger partial charge is 0.462 e. The molecule has 0 radical (unpaired) electrons. The molecule has 3 heterocycles. The summed E-state index contributed by atoms with van der Waals surface area (Å²) in [6, 6.07) is 6.88. The van der Waals surface area contributed by atoms with Crippen molar-refractivity contribution in [1.82, 2.24) is 24.6 Å². The Morgan fingerprint density at radius 3 is 2.68 bits per heavy atom. The zero-order valence-corrected chi connectivity index (χ0v) is 21.7. The molecule has 3 aromatic rings. The Labute approximate surface area is 217 Å². The number of nitrogens with one attached hydrogen (secondary N) is 1. The molecule has 1 aliphatic heterocycles. The number of hydrogen-bond donors (Lipinski definition) is 4. The zero-order chi connectivity index (χ0) is 27.7. The van der Waals surface area contributed by atoms with E-state index in [4.69, 9.17) is 30.0 Å². The summed E-state index contributed by atoms with van der Waals surface area (Å²) < 4.78 is 52.0. The van der Waals surface area contributed by atoms with Crippen LogP contribution >= 0.6 is 7.75 Å². The van der Waals surface area contributed by atoms with Gasteiger partial charge in [-0.25, -0.2) is 23.9 Å². The molecule has 0 bridgehead atoms. The summed E-state index contributed by atoms with van der Waals surface area (Å²) in [4.78, 5) is 24.3. The lowest BCUT2D eigenvalue weighted by molar-refractivity contribution is -0.149. The predicted octanol–water partition coefficient (Wildman–Crippen LogP) is 1.42. The van der Waals surface area contributed by atoms with Crippen molar-refractivity contribution in [2.75, 3.05) is 12.3 Å². The van der Waals surface area contributed by atoms with Gasteiger partial charge < -0.3 is 24.8 Å². The summed E-state index contributed by atoms with van der Waals surface area (Å²) in [5.74, 6) is -0.493. The minimum absolute atomic E-state index is 0.0697. The van der Waals surface area contributed by atoms with Crippen molar-refractivity contribution in [2.45, 2.75) is 57.1 Å². The molecule has 206 valence electrons. The van der Waals surface area contributed by atoms with E-state index in [9.17, 15) is 14.5 Å². The number of hydrogen-bond acceptors (Lipinski definition) is 12. The number of nitrogens with zero attached hydrogens (tertiary/aromatic N) is 4. The van der Waals surface area contributed by atoms with Gasteiger partial charge in [0.15, 0.2) is 29.6 Å². The smallest absolute Gasteiger partial charge is 0.459 e. The second-order valence-corrected chi connectivity index (χ2v) is 10.6. The number of halogens is 1. The van der Waals surface area contributed by atoms with Crippen LogP contribution in [0.2, 0.25) is 0 Å². The van der Waals surface area contributed by atoms with Gasteiger partial charge in [0.05, 0.1) is 12.4 Å². The van der Waals surface area contributed by atoms with E-state index in [2.05, 4.69) is 20.0 Å². The molecule has 16 heteroatoms. The van der Waals surface area contributed by atoms with Gasteiger partial charge in [0.1, 0.15) is 36.3 Å². The van der Waals surface area contributed by atoms with Gasteiger partial charge in [-0.3, -0.25) is 19.6 Å². The van der Waals surface area contributed by atoms with E-state index in [0.29, 0.717) is 0 Å². The molecule has 4 rings (SSSR count). The first-order chi connectivity index (χ1) is 17.9. The van der Waals surface area contributed by atoms with Crippen molar-refractivity contribution in [3.8, 4) is 5.75 Å². The number of para-hydroxylation sites is 1. The summed E-state index contributed by atoms with van der Waals surface area (Å²) in [6.45, 7) is 3.93. The summed E-state index contributed by atoms with van der Waals surface area (Å²) >= 11 is 0. The fourth-order valence-electron chi connectivity index (χ4n) is 3.69. The molecule has 1 saturated heterocycles. The number of benzene rings is 1. The molecular weight excluding hydrogens is 524 g/mol. The Morgan fingerprint density at radius 2 is 2.00 bits per heavy atom. The maximum atomic E-state index is 15.3. The van der Waals surface area contributed by atoms with Crippen LogP contribution in [-0.4, -0.2) is 67.3 Å². The van der Waals surface area contributed by atoms with Crippen molar-refractivity contribution < 1.29 is 37.4 Å². The number of anilines is 1.